The van der Waals surface area contributed by atoms with E-state index >= 15 is 0 Å². The summed E-state index contributed by atoms with van der Waals surface area (Å²) in [5.41, 5.74) is 0.870. The molecular formula is C27H26ClN5O6. The van der Waals surface area contributed by atoms with Gasteiger partial charge in [0.25, 0.3) is 17.5 Å². The average Bonchev–Trinajstić information content (AvgIpc) is 2.92. The number of aromatic nitrogens is 2. The molecule has 2 aromatic carbocycles. The number of esters is 1. The summed E-state index contributed by atoms with van der Waals surface area (Å²) < 4.78 is 5.19. The van der Waals surface area contributed by atoms with Gasteiger partial charge in [-0.05, 0) is 26.8 Å². The molecule has 1 unspecified atom stereocenters. The van der Waals surface area contributed by atoms with Crippen LogP contribution in [0.1, 0.15) is 50.7 Å². The van der Waals surface area contributed by atoms with Gasteiger partial charge in [0.15, 0.2) is 5.82 Å². The van der Waals surface area contributed by atoms with Gasteiger partial charge in [-0.15, -0.1) is 0 Å². The Labute approximate surface area is 229 Å². The summed E-state index contributed by atoms with van der Waals surface area (Å²) >= 11 is 6.17. The minimum atomic E-state index is -0.687. The van der Waals surface area contributed by atoms with Crippen molar-refractivity contribution in [3.05, 3.63) is 86.2 Å². The van der Waals surface area contributed by atoms with E-state index < -0.39 is 28.7 Å². The largest absolute Gasteiger partial charge is 0.462 e. The minimum Gasteiger partial charge on any atom is -0.462 e. The molecule has 11 nitrogen and oxygen atoms in total. The average molecular weight is 552 g/mol. The van der Waals surface area contributed by atoms with E-state index in [0.29, 0.717) is 17.1 Å². The van der Waals surface area contributed by atoms with E-state index in [2.05, 4.69) is 9.97 Å². The Bertz CT molecular complexity index is 1450. The number of carbonyl (C=O) groups is 3. The van der Waals surface area contributed by atoms with Crippen LogP contribution in [0.15, 0.2) is 48.5 Å². The van der Waals surface area contributed by atoms with Gasteiger partial charge in [-0.2, -0.15) is 0 Å². The SMILES string of the molecule is CCOC(=O)c1c(C)nc(-c2ccccc2)nc1C(=O)N1CCN(C(=O)c2ccc([N+](=O)[O-])cc2Cl)C(C)C1. The lowest BCUT2D eigenvalue weighted by Gasteiger charge is -2.40. The molecule has 12 heteroatoms. The van der Waals surface area contributed by atoms with E-state index in [0.717, 1.165) is 6.07 Å². The molecule has 1 saturated heterocycles. The molecule has 2 heterocycles. The molecule has 2 amide bonds. The molecule has 39 heavy (non-hydrogen) atoms. The molecule has 1 aliphatic rings. The highest BCUT2D eigenvalue weighted by Gasteiger charge is 2.35. The van der Waals surface area contributed by atoms with Crippen molar-refractivity contribution >= 4 is 35.1 Å². The van der Waals surface area contributed by atoms with Gasteiger partial charge in [0.2, 0.25) is 0 Å². The summed E-state index contributed by atoms with van der Waals surface area (Å²) in [6.45, 7) is 5.72. The number of benzene rings is 2. The van der Waals surface area contributed by atoms with Crippen molar-refractivity contribution in [2.24, 2.45) is 0 Å². The van der Waals surface area contributed by atoms with Crippen molar-refractivity contribution in [2.45, 2.75) is 26.8 Å². The predicted octanol–water partition coefficient (Wildman–Crippen LogP) is 4.18. The van der Waals surface area contributed by atoms with E-state index in [-0.39, 0.29) is 53.8 Å². The number of amides is 2. The Morgan fingerprint density at radius 2 is 1.82 bits per heavy atom. The Balaban J connectivity index is 1.61. The fraction of sp³-hybridized carbons (Fsp3) is 0.296. The fourth-order valence-corrected chi connectivity index (χ4v) is 4.69. The first kappa shape index (κ1) is 27.6. The third-order valence-electron chi connectivity index (χ3n) is 6.37. The van der Waals surface area contributed by atoms with Crippen LogP contribution in [-0.2, 0) is 4.74 Å². The minimum absolute atomic E-state index is 0.00496. The Morgan fingerprint density at radius 3 is 2.44 bits per heavy atom. The van der Waals surface area contributed by atoms with Gasteiger partial charge in [0.1, 0.15) is 11.3 Å². The molecule has 0 spiro atoms. The van der Waals surface area contributed by atoms with Gasteiger partial charge in [0.05, 0.1) is 27.8 Å². The van der Waals surface area contributed by atoms with E-state index in [4.69, 9.17) is 16.3 Å². The highest BCUT2D eigenvalue weighted by Crippen LogP contribution is 2.26. The van der Waals surface area contributed by atoms with E-state index in [1.165, 1.54) is 17.0 Å². The van der Waals surface area contributed by atoms with Gasteiger partial charge < -0.3 is 14.5 Å². The first-order chi connectivity index (χ1) is 18.6. The second-order valence-electron chi connectivity index (χ2n) is 8.96. The highest BCUT2D eigenvalue weighted by atomic mass is 35.5. The van der Waals surface area contributed by atoms with Crippen molar-refractivity contribution in [3.8, 4) is 11.4 Å². The lowest BCUT2D eigenvalue weighted by atomic mass is 10.1. The van der Waals surface area contributed by atoms with Crippen molar-refractivity contribution < 1.29 is 24.0 Å². The number of nitrogens with zero attached hydrogens (tertiary/aromatic N) is 5. The Hall–Kier alpha value is -4.38. The van der Waals surface area contributed by atoms with Crippen LogP contribution in [0.2, 0.25) is 5.02 Å². The summed E-state index contributed by atoms with van der Waals surface area (Å²) in [5.74, 6) is -1.26. The summed E-state index contributed by atoms with van der Waals surface area (Å²) in [5, 5.41) is 11.0. The van der Waals surface area contributed by atoms with Crippen LogP contribution in [0.4, 0.5) is 5.69 Å². The zero-order valence-corrected chi connectivity index (χ0v) is 22.3. The number of nitro groups is 1. The topological polar surface area (TPSA) is 136 Å². The normalized spacial score (nSPS) is 15.1. The number of piperazine rings is 1. The molecule has 1 atom stereocenters. The number of halogens is 1. The van der Waals surface area contributed by atoms with E-state index in [1.54, 1.807) is 25.7 Å². The van der Waals surface area contributed by atoms with Crippen LogP contribution in [0.25, 0.3) is 11.4 Å². The smallest absolute Gasteiger partial charge is 0.342 e. The molecule has 0 aliphatic carbocycles. The summed E-state index contributed by atoms with van der Waals surface area (Å²) in [7, 11) is 0. The van der Waals surface area contributed by atoms with Gasteiger partial charge >= 0.3 is 5.97 Å². The highest BCUT2D eigenvalue weighted by molar-refractivity contribution is 6.34. The van der Waals surface area contributed by atoms with Crippen LogP contribution in [-0.4, -0.2) is 74.8 Å². The maximum Gasteiger partial charge on any atom is 0.342 e. The van der Waals surface area contributed by atoms with Crippen LogP contribution < -0.4 is 0 Å². The molecule has 1 aliphatic heterocycles. The van der Waals surface area contributed by atoms with Gasteiger partial charge in [0, 0.05) is 43.4 Å². The monoisotopic (exact) mass is 551 g/mol. The molecule has 0 N–H and O–H groups in total. The van der Waals surface area contributed by atoms with Crippen LogP contribution >= 0.6 is 11.6 Å². The first-order valence-corrected chi connectivity index (χ1v) is 12.7. The maximum absolute atomic E-state index is 13.8. The number of nitro benzene ring substituents is 1. The zero-order valence-electron chi connectivity index (χ0n) is 21.6. The number of carbonyl (C=O) groups excluding carboxylic acids is 3. The number of non-ortho nitro benzene ring substituents is 1. The predicted molar refractivity (Wildman–Crippen MR) is 143 cm³/mol. The summed E-state index contributed by atoms with van der Waals surface area (Å²) in [6, 6.07) is 12.4. The quantitative estimate of drug-likeness (QED) is 0.253. The van der Waals surface area contributed by atoms with Crippen LogP contribution in [0.5, 0.6) is 0 Å². The molecule has 0 radical (unpaired) electrons. The third kappa shape index (κ3) is 5.73. The summed E-state index contributed by atoms with van der Waals surface area (Å²) in [4.78, 5) is 62.2. The number of hydrogen-bond acceptors (Lipinski definition) is 8. The van der Waals surface area contributed by atoms with Crippen molar-refractivity contribution in [1.82, 2.24) is 19.8 Å². The summed E-state index contributed by atoms with van der Waals surface area (Å²) in [6.07, 6.45) is 0. The number of rotatable bonds is 6. The second kappa shape index (κ2) is 11.6. The standard InChI is InChI=1S/C27H26ClN5O6/c1-4-39-27(36)22-17(3)29-24(18-8-6-5-7-9-18)30-23(22)26(35)31-12-13-32(16(2)15-31)25(34)20-11-10-19(33(37)38)14-21(20)28/h5-11,14,16H,4,12-13,15H2,1-3H3. The molecule has 4 rings (SSSR count). The lowest BCUT2D eigenvalue weighted by Crippen LogP contribution is -2.55. The molecular weight excluding hydrogens is 526 g/mol. The molecule has 0 bridgehead atoms. The van der Waals surface area contributed by atoms with Gasteiger partial charge in [-0.3, -0.25) is 19.7 Å². The van der Waals surface area contributed by atoms with Crippen molar-refractivity contribution in [1.29, 1.82) is 0 Å². The molecule has 0 saturated carbocycles. The van der Waals surface area contributed by atoms with Crippen LogP contribution in [0, 0.1) is 17.0 Å². The molecule has 1 aromatic heterocycles. The second-order valence-corrected chi connectivity index (χ2v) is 9.37. The number of hydrogen-bond donors (Lipinski definition) is 0. The Kier molecular flexibility index (Phi) is 8.20. The van der Waals surface area contributed by atoms with Crippen molar-refractivity contribution in [2.75, 3.05) is 26.2 Å². The van der Waals surface area contributed by atoms with E-state index in [9.17, 15) is 24.5 Å². The lowest BCUT2D eigenvalue weighted by molar-refractivity contribution is -0.384. The van der Waals surface area contributed by atoms with Gasteiger partial charge in [-0.1, -0.05) is 41.9 Å². The molecule has 1 fully saturated rings. The molecule has 202 valence electrons. The molecule has 3 aromatic rings. The zero-order chi connectivity index (χ0) is 28.3. The maximum atomic E-state index is 13.8. The third-order valence-corrected chi connectivity index (χ3v) is 6.69. The fourth-order valence-electron chi connectivity index (χ4n) is 4.43. The number of aryl methyl sites for hydroxylation is 1. The Morgan fingerprint density at radius 1 is 1.10 bits per heavy atom. The van der Waals surface area contributed by atoms with E-state index in [1.807, 2.05) is 30.3 Å². The van der Waals surface area contributed by atoms with Crippen molar-refractivity contribution in [3.63, 3.8) is 0 Å². The first-order valence-electron chi connectivity index (χ1n) is 12.3. The van der Waals surface area contributed by atoms with Gasteiger partial charge in [-0.25, -0.2) is 14.8 Å². The van der Waals surface area contributed by atoms with Crippen LogP contribution in [0.3, 0.4) is 0 Å². The number of ether oxygens (including phenoxy) is 1.